The Hall–Kier alpha value is -1.07. The van der Waals surface area contributed by atoms with Gasteiger partial charge in [0, 0.05) is 32.4 Å². The summed E-state index contributed by atoms with van der Waals surface area (Å²) in [7, 11) is 1.72. The number of rotatable bonds is 6. The molecule has 1 atom stereocenters. The summed E-state index contributed by atoms with van der Waals surface area (Å²) in [5, 5.41) is 8.08. The molecular formula is C15H28N4O. The Morgan fingerprint density at radius 2 is 2.35 bits per heavy atom. The van der Waals surface area contributed by atoms with E-state index in [4.69, 9.17) is 4.74 Å². The van der Waals surface area contributed by atoms with Crippen LogP contribution in [-0.2, 0) is 11.3 Å². The highest BCUT2D eigenvalue weighted by molar-refractivity contribution is 5.42. The third-order valence-electron chi connectivity index (χ3n) is 3.74. The van der Waals surface area contributed by atoms with Crippen LogP contribution in [0.4, 0.5) is 5.69 Å². The minimum atomic E-state index is 0.583. The van der Waals surface area contributed by atoms with Crippen molar-refractivity contribution in [3.05, 3.63) is 12.4 Å². The third-order valence-corrected chi connectivity index (χ3v) is 3.74. The summed E-state index contributed by atoms with van der Waals surface area (Å²) in [5.74, 6) is 0.733. The second-order valence-corrected chi connectivity index (χ2v) is 6.03. The SMILES string of the molecule is COCCn1cc(N2CCCNC(CC(C)C)C2)cn1. The first-order chi connectivity index (χ1) is 9.69. The van der Waals surface area contributed by atoms with Crippen LogP contribution in [0.15, 0.2) is 12.4 Å². The third kappa shape index (κ3) is 4.49. The monoisotopic (exact) mass is 280 g/mol. The smallest absolute Gasteiger partial charge is 0.0753 e. The minimum Gasteiger partial charge on any atom is -0.383 e. The molecule has 1 unspecified atom stereocenters. The van der Waals surface area contributed by atoms with E-state index in [9.17, 15) is 0 Å². The number of hydrogen-bond donors (Lipinski definition) is 1. The molecule has 0 aliphatic carbocycles. The van der Waals surface area contributed by atoms with Crippen LogP contribution in [-0.4, -0.2) is 49.2 Å². The molecule has 1 aliphatic heterocycles. The van der Waals surface area contributed by atoms with E-state index in [2.05, 4.69) is 35.4 Å². The number of anilines is 1. The van der Waals surface area contributed by atoms with E-state index in [1.54, 1.807) is 7.11 Å². The molecule has 1 N–H and O–H groups in total. The van der Waals surface area contributed by atoms with Crippen LogP contribution in [0.3, 0.4) is 0 Å². The van der Waals surface area contributed by atoms with Gasteiger partial charge in [0.2, 0.25) is 0 Å². The molecule has 0 spiro atoms. The fraction of sp³-hybridized carbons (Fsp3) is 0.800. The maximum atomic E-state index is 5.10. The highest BCUT2D eigenvalue weighted by atomic mass is 16.5. The van der Waals surface area contributed by atoms with Crippen LogP contribution in [0.5, 0.6) is 0 Å². The van der Waals surface area contributed by atoms with E-state index in [-0.39, 0.29) is 0 Å². The van der Waals surface area contributed by atoms with Crippen molar-refractivity contribution in [3.63, 3.8) is 0 Å². The van der Waals surface area contributed by atoms with Crippen molar-refractivity contribution in [2.75, 3.05) is 38.3 Å². The molecule has 1 aromatic rings. The Labute approximate surface area is 122 Å². The lowest BCUT2D eigenvalue weighted by atomic mass is 10.0. The standard InChI is InChI=1S/C15H28N4O/c1-13(2)9-14-11-18(6-4-5-16-14)15-10-17-19(12-15)7-8-20-3/h10,12-14,16H,4-9,11H2,1-3H3. The van der Waals surface area contributed by atoms with E-state index in [1.807, 2.05) is 10.9 Å². The zero-order chi connectivity index (χ0) is 14.4. The number of nitrogens with zero attached hydrogens (tertiary/aromatic N) is 3. The highest BCUT2D eigenvalue weighted by Gasteiger charge is 2.19. The Morgan fingerprint density at radius 3 is 3.10 bits per heavy atom. The second kappa shape index (κ2) is 7.64. The van der Waals surface area contributed by atoms with Crippen molar-refractivity contribution in [3.8, 4) is 0 Å². The molecule has 1 aromatic heterocycles. The lowest BCUT2D eigenvalue weighted by Crippen LogP contribution is -2.38. The molecule has 0 saturated carbocycles. The predicted octanol–water partition coefficient (Wildman–Crippen LogP) is 1.74. The Bertz CT molecular complexity index is 391. The fourth-order valence-electron chi connectivity index (χ4n) is 2.78. The molecule has 1 fully saturated rings. The molecule has 2 heterocycles. The lowest BCUT2D eigenvalue weighted by Gasteiger charge is -2.26. The molecule has 1 saturated heterocycles. The molecule has 2 rings (SSSR count). The van der Waals surface area contributed by atoms with Crippen LogP contribution >= 0.6 is 0 Å². The zero-order valence-corrected chi connectivity index (χ0v) is 13.0. The maximum absolute atomic E-state index is 5.10. The van der Waals surface area contributed by atoms with Gasteiger partial charge in [-0.1, -0.05) is 13.8 Å². The molecule has 5 heteroatoms. The number of ether oxygens (including phenoxy) is 1. The quantitative estimate of drug-likeness (QED) is 0.862. The molecule has 114 valence electrons. The minimum absolute atomic E-state index is 0.583. The van der Waals surface area contributed by atoms with Crippen molar-refractivity contribution < 1.29 is 4.74 Å². The first-order valence-corrected chi connectivity index (χ1v) is 7.68. The predicted molar refractivity (Wildman–Crippen MR) is 82.2 cm³/mol. The zero-order valence-electron chi connectivity index (χ0n) is 13.0. The number of nitrogens with one attached hydrogen (secondary N) is 1. The lowest BCUT2D eigenvalue weighted by molar-refractivity contribution is 0.183. The van der Waals surface area contributed by atoms with Gasteiger partial charge in [-0.05, 0) is 25.3 Å². The fourth-order valence-corrected chi connectivity index (χ4v) is 2.78. The van der Waals surface area contributed by atoms with Gasteiger partial charge in [-0.15, -0.1) is 0 Å². The second-order valence-electron chi connectivity index (χ2n) is 6.03. The van der Waals surface area contributed by atoms with Gasteiger partial charge < -0.3 is 15.0 Å². The van der Waals surface area contributed by atoms with Gasteiger partial charge in [-0.25, -0.2) is 0 Å². The summed E-state index contributed by atoms with van der Waals surface area (Å²) in [4.78, 5) is 2.46. The largest absolute Gasteiger partial charge is 0.383 e. The summed E-state index contributed by atoms with van der Waals surface area (Å²) >= 11 is 0. The van der Waals surface area contributed by atoms with Gasteiger partial charge in [-0.3, -0.25) is 4.68 Å². The average Bonchev–Trinajstić information content (AvgIpc) is 2.76. The van der Waals surface area contributed by atoms with E-state index in [1.165, 1.54) is 18.5 Å². The first kappa shape index (κ1) is 15.3. The van der Waals surface area contributed by atoms with Gasteiger partial charge in [0.05, 0.1) is 25.0 Å². The number of hydrogen-bond acceptors (Lipinski definition) is 4. The average molecular weight is 280 g/mol. The van der Waals surface area contributed by atoms with Gasteiger partial charge in [-0.2, -0.15) is 5.10 Å². The normalized spacial score (nSPS) is 20.4. The van der Waals surface area contributed by atoms with Crippen molar-refractivity contribution >= 4 is 5.69 Å². The summed E-state index contributed by atoms with van der Waals surface area (Å²) < 4.78 is 7.06. The maximum Gasteiger partial charge on any atom is 0.0753 e. The molecule has 20 heavy (non-hydrogen) atoms. The highest BCUT2D eigenvalue weighted by Crippen LogP contribution is 2.17. The first-order valence-electron chi connectivity index (χ1n) is 7.68. The van der Waals surface area contributed by atoms with Crippen LogP contribution in [0.25, 0.3) is 0 Å². The van der Waals surface area contributed by atoms with E-state index >= 15 is 0 Å². The van der Waals surface area contributed by atoms with Crippen LogP contribution < -0.4 is 10.2 Å². The van der Waals surface area contributed by atoms with Crippen molar-refractivity contribution in [2.24, 2.45) is 5.92 Å². The summed E-state index contributed by atoms with van der Waals surface area (Å²) in [6.45, 7) is 9.41. The Kier molecular flexibility index (Phi) is 5.86. The Morgan fingerprint density at radius 1 is 1.50 bits per heavy atom. The van der Waals surface area contributed by atoms with Gasteiger partial charge in [0.15, 0.2) is 0 Å². The number of methoxy groups -OCH3 is 1. The van der Waals surface area contributed by atoms with E-state index in [0.29, 0.717) is 12.6 Å². The molecule has 0 radical (unpaired) electrons. The van der Waals surface area contributed by atoms with Crippen molar-refractivity contribution in [1.82, 2.24) is 15.1 Å². The van der Waals surface area contributed by atoms with E-state index < -0.39 is 0 Å². The van der Waals surface area contributed by atoms with Gasteiger partial charge in [0.1, 0.15) is 0 Å². The molecule has 5 nitrogen and oxygen atoms in total. The summed E-state index contributed by atoms with van der Waals surface area (Å²) in [5.41, 5.74) is 1.23. The Balaban J connectivity index is 1.96. The van der Waals surface area contributed by atoms with Crippen molar-refractivity contribution in [2.45, 2.75) is 39.3 Å². The van der Waals surface area contributed by atoms with Crippen LogP contribution in [0.1, 0.15) is 26.7 Å². The van der Waals surface area contributed by atoms with Crippen LogP contribution in [0, 0.1) is 5.92 Å². The summed E-state index contributed by atoms with van der Waals surface area (Å²) in [6.07, 6.45) is 6.54. The molecule has 0 amide bonds. The molecule has 0 bridgehead atoms. The topological polar surface area (TPSA) is 42.3 Å². The van der Waals surface area contributed by atoms with Gasteiger partial charge >= 0.3 is 0 Å². The van der Waals surface area contributed by atoms with Crippen LogP contribution in [0.2, 0.25) is 0 Å². The molecular weight excluding hydrogens is 252 g/mol. The van der Waals surface area contributed by atoms with E-state index in [0.717, 1.165) is 32.1 Å². The molecule has 0 aromatic carbocycles. The summed E-state index contributed by atoms with van der Waals surface area (Å²) in [6, 6.07) is 0.583. The van der Waals surface area contributed by atoms with Gasteiger partial charge in [0.25, 0.3) is 0 Å². The van der Waals surface area contributed by atoms with Crippen molar-refractivity contribution in [1.29, 1.82) is 0 Å². The number of aromatic nitrogens is 2. The molecule has 1 aliphatic rings.